The highest BCUT2D eigenvalue weighted by Crippen LogP contribution is 2.24. The molecule has 4 nitrogen and oxygen atoms in total. The summed E-state index contributed by atoms with van der Waals surface area (Å²) in [5, 5.41) is 13.3. The average molecular weight is 375 g/mol. The standard InChI is InChI=1S/C22H14ClNO3/c23-16-10-8-14(9-11-16)21-13-19(18-6-1-2-7-20(18)27-21)24-17-5-3-4-15(12-17)22(25)26/h1-13H,(H,25,26)/p-1. The predicted octanol–water partition coefficient (Wildman–Crippen LogP) is 4.35. The Morgan fingerprint density at radius 1 is 0.926 bits per heavy atom. The van der Waals surface area contributed by atoms with Gasteiger partial charge in [-0.2, -0.15) is 0 Å². The number of hydrogen-bond donors (Lipinski definition) is 0. The van der Waals surface area contributed by atoms with Crippen LogP contribution < -0.4 is 10.5 Å². The van der Waals surface area contributed by atoms with Crippen LogP contribution in [0.25, 0.3) is 22.3 Å². The van der Waals surface area contributed by atoms with Crippen LogP contribution in [0.1, 0.15) is 10.4 Å². The van der Waals surface area contributed by atoms with E-state index in [1.54, 1.807) is 24.3 Å². The van der Waals surface area contributed by atoms with E-state index in [4.69, 9.17) is 16.0 Å². The first-order chi connectivity index (χ1) is 13.1. The average Bonchev–Trinajstić information content (AvgIpc) is 2.68. The van der Waals surface area contributed by atoms with Crippen molar-refractivity contribution in [2.45, 2.75) is 0 Å². The molecule has 0 N–H and O–H groups in total. The minimum atomic E-state index is -1.23. The van der Waals surface area contributed by atoms with E-state index >= 15 is 0 Å². The molecule has 1 aromatic heterocycles. The fraction of sp³-hybridized carbons (Fsp3) is 0. The van der Waals surface area contributed by atoms with Crippen molar-refractivity contribution >= 4 is 34.2 Å². The van der Waals surface area contributed by atoms with Crippen LogP contribution in [0.15, 0.2) is 88.3 Å². The lowest BCUT2D eigenvalue weighted by Crippen LogP contribution is -2.21. The molecular weight excluding hydrogens is 362 g/mol. The Labute approximate surface area is 160 Å². The van der Waals surface area contributed by atoms with E-state index in [1.165, 1.54) is 12.1 Å². The molecule has 0 atom stereocenters. The summed E-state index contributed by atoms with van der Waals surface area (Å²) in [6.07, 6.45) is 0. The molecule has 0 fully saturated rings. The van der Waals surface area contributed by atoms with Crippen LogP contribution >= 0.6 is 11.6 Å². The Morgan fingerprint density at radius 2 is 1.70 bits per heavy atom. The summed E-state index contributed by atoms with van der Waals surface area (Å²) >= 11 is 5.97. The third kappa shape index (κ3) is 3.61. The molecule has 1 heterocycles. The number of fused-ring (bicyclic) bond motifs is 1. The second kappa shape index (κ2) is 7.09. The summed E-state index contributed by atoms with van der Waals surface area (Å²) in [6.45, 7) is 0. The van der Waals surface area contributed by atoms with E-state index in [-0.39, 0.29) is 5.56 Å². The monoisotopic (exact) mass is 374 g/mol. The SMILES string of the molecule is O=C([O-])c1cccc(N=c2cc(-c3ccc(Cl)cc3)oc3ccccc23)c1. The molecule has 27 heavy (non-hydrogen) atoms. The van der Waals surface area contributed by atoms with Crippen molar-refractivity contribution in [2.75, 3.05) is 0 Å². The minimum Gasteiger partial charge on any atom is -0.545 e. The Hall–Kier alpha value is -3.37. The molecule has 0 bridgehead atoms. The number of carbonyl (C=O) groups excluding carboxylic acids is 1. The van der Waals surface area contributed by atoms with Gasteiger partial charge in [0.2, 0.25) is 0 Å². The zero-order valence-corrected chi connectivity index (χ0v) is 14.8. The van der Waals surface area contributed by atoms with Crippen LogP contribution in [-0.4, -0.2) is 5.97 Å². The van der Waals surface area contributed by atoms with Crippen LogP contribution in [0.4, 0.5) is 5.69 Å². The highest BCUT2D eigenvalue weighted by Gasteiger charge is 2.06. The number of para-hydroxylation sites is 1. The van der Waals surface area contributed by atoms with Gasteiger partial charge >= 0.3 is 0 Å². The van der Waals surface area contributed by atoms with Gasteiger partial charge in [0.05, 0.1) is 17.0 Å². The lowest BCUT2D eigenvalue weighted by atomic mass is 10.1. The summed E-state index contributed by atoms with van der Waals surface area (Å²) < 4.78 is 6.02. The third-order valence-electron chi connectivity index (χ3n) is 4.11. The summed E-state index contributed by atoms with van der Waals surface area (Å²) in [5.41, 5.74) is 2.15. The predicted molar refractivity (Wildman–Crippen MR) is 103 cm³/mol. The van der Waals surface area contributed by atoms with Crippen molar-refractivity contribution in [3.63, 3.8) is 0 Å². The molecule has 0 aliphatic carbocycles. The van der Waals surface area contributed by atoms with E-state index in [0.29, 0.717) is 27.4 Å². The Bertz CT molecular complexity index is 1210. The molecule has 5 heteroatoms. The lowest BCUT2D eigenvalue weighted by molar-refractivity contribution is -0.255. The number of carboxylic acid groups (broad SMARTS) is 1. The molecular formula is C22H13ClNO3-. The molecule has 0 amide bonds. The van der Waals surface area contributed by atoms with Crippen LogP contribution in [0.5, 0.6) is 0 Å². The maximum absolute atomic E-state index is 11.1. The fourth-order valence-corrected chi connectivity index (χ4v) is 2.93. The summed E-state index contributed by atoms with van der Waals surface area (Å²) in [6, 6.07) is 23.1. The first kappa shape index (κ1) is 17.1. The van der Waals surface area contributed by atoms with E-state index in [0.717, 1.165) is 10.9 Å². The summed E-state index contributed by atoms with van der Waals surface area (Å²) in [5.74, 6) is -0.595. The topological polar surface area (TPSA) is 65.6 Å². The Balaban J connectivity index is 1.95. The molecule has 0 radical (unpaired) electrons. The highest BCUT2D eigenvalue weighted by molar-refractivity contribution is 6.30. The van der Waals surface area contributed by atoms with Crippen LogP contribution in [0.3, 0.4) is 0 Å². The van der Waals surface area contributed by atoms with Gasteiger partial charge in [-0.1, -0.05) is 35.9 Å². The van der Waals surface area contributed by atoms with Gasteiger partial charge in [-0.05, 0) is 54.1 Å². The van der Waals surface area contributed by atoms with Gasteiger partial charge < -0.3 is 14.3 Å². The van der Waals surface area contributed by atoms with Crippen LogP contribution in [-0.2, 0) is 0 Å². The molecule has 4 rings (SSSR count). The quantitative estimate of drug-likeness (QED) is 0.535. The fourth-order valence-electron chi connectivity index (χ4n) is 2.81. The number of carbonyl (C=O) groups is 1. The zero-order valence-electron chi connectivity index (χ0n) is 14.1. The Kier molecular flexibility index (Phi) is 4.48. The summed E-state index contributed by atoms with van der Waals surface area (Å²) in [4.78, 5) is 15.7. The normalized spacial score (nSPS) is 11.7. The molecule has 132 valence electrons. The van der Waals surface area contributed by atoms with Crippen molar-refractivity contribution in [2.24, 2.45) is 4.99 Å². The number of hydrogen-bond acceptors (Lipinski definition) is 4. The maximum Gasteiger partial charge on any atom is 0.136 e. The number of carboxylic acids is 1. The maximum atomic E-state index is 11.1. The van der Waals surface area contributed by atoms with Gasteiger partial charge in [-0.25, -0.2) is 4.99 Å². The summed E-state index contributed by atoms with van der Waals surface area (Å²) in [7, 11) is 0. The third-order valence-corrected chi connectivity index (χ3v) is 4.36. The van der Waals surface area contributed by atoms with Gasteiger partial charge in [0.25, 0.3) is 0 Å². The van der Waals surface area contributed by atoms with E-state index in [2.05, 4.69) is 4.99 Å². The smallest absolute Gasteiger partial charge is 0.136 e. The molecule has 0 unspecified atom stereocenters. The first-order valence-corrected chi connectivity index (χ1v) is 8.63. The Morgan fingerprint density at radius 3 is 2.48 bits per heavy atom. The lowest BCUT2D eigenvalue weighted by Gasteiger charge is -2.06. The molecule has 0 saturated carbocycles. The first-order valence-electron chi connectivity index (χ1n) is 8.25. The van der Waals surface area contributed by atoms with Gasteiger partial charge in [0.15, 0.2) is 0 Å². The molecule has 0 aliphatic rings. The number of halogens is 1. The highest BCUT2D eigenvalue weighted by atomic mass is 35.5. The largest absolute Gasteiger partial charge is 0.545 e. The van der Waals surface area contributed by atoms with E-state index in [1.807, 2.05) is 42.5 Å². The molecule has 4 aromatic rings. The van der Waals surface area contributed by atoms with Crippen molar-refractivity contribution in [3.05, 3.63) is 94.8 Å². The zero-order chi connectivity index (χ0) is 18.8. The number of aromatic carboxylic acids is 1. The molecule has 3 aromatic carbocycles. The van der Waals surface area contributed by atoms with Crippen molar-refractivity contribution < 1.29 is 14.3 Å². The van der Waals surface area contributed by atoms with Gasteiger partial charge in [0, 0.05) is 22.0 Å². The van der Waals surface area contributed by atoms with E-state index in [9.17, 15) is 9.90 Å². The second-order valence-electron chi connectivity index (χ2n) is 5.95. The van der Waals surface area contributed by atoms with Crippen molar-refractivity contribution in [1.82, 2.24) is 0 Å². The molecule has 0 aliphatic heterocycles. The van der Waals surface area contributed by atoms with Gasteiger partial charge in [-0.15, -0.1) is 0 Å². The molecule has 0 saturated heterocycles. The molecule has 0 spiro atoms. The van der Waals surface area contributed by atoms with Crippen molar-refractivity contribution in [3.8, 4) is 11.3 Å². The van der Waals surface area contributed by atoms with Gasteiger partial charge in [-0.3, -0.25) is 0 Å². The van der Waals surface area contributed by atoms with E-state index < -0.39 is 5.97 Å². The number of rotatable bonds is 3. The van der Waals surface area contributed by atoms with Crippen molar-refractivity contribution in [1.29, 1.82) is 0 Å². The number of benzene rings is 3. The van der Waals surface area contributed by atoms with Crippen LogP contribution in [0.2, 0.25) is 5.02 Å². The van der Waals surface area contributed by atoms with Crippen LogP contribution in [0, 0.1) is 0 Å². The van der Waals surface area contributed by atoms with Gasteiger partial charge in [0.1, 0.15) is 11.3 Å². The number of nitrogens with zero attached hydrogens (tertiary/aromatic N) is 1. The second-order valence-corrected chi connectivity index (χ2v) is 6.38. The minimum absolute atomic E-state index is 0.0825.